The number of nitrogens with zero attached hydrogens (tertiary/aromatic N) is 2. The molecule has 6 heteroatoms. The smallest absolute Gasteiger partial charge is 0.778 e. The van der Waals surface area contributed by atoms with Crippen molar-refractivity contribution in [2.75, 3.05) is 0 Å². The van der Waals surface area contributed by atoms with Crippen LogP contribution in [0.4, 0.5) is 0 Å². The van der Waals surface area contributed by atoms with Crippen molar-refractivity contribution in [2.24, 2.45) is 7.05 Å². The zero-order valence-electron chi connectivity index (χ0n) is 8.32. The average molecular weight is 249 g/mol. The molecular weight excluding hydrogens is 243 g/mol. The molecule has 0 N–H and O–H groups in total. The van der Waals surface area contributed by atoms with E-state index in [4.69, 9.17) is 24.2 Å². The zero-order valence-corrected chi connectivity index (χ0v) is 11.9. The number of aryl methyl sites for hydroxylation is 1. The van der Waals surface area contributed by atoms with Crippen molar-refractivity contribution in [3.63, 3.8) is 0 Å². The van der Waals surface area contributed by atoms with Crippen LogP contribution in [-0.2, 0) is 19.7 Å². The summed E-state index contributed by atoms with van der Waals surface area (Å²) in [5, 5.41) is 0.704. The van der Waals surface area contributed by atoms with Gasteiger partial charge in [-0.2, -0.15) is 4.90 Å². The minimum atomic E-state index is -0.174. The predicted molar refractivity (Wildman–Crippen MR) is 57.6 cm³/mol. The number of hydrogen-bond acceptors (Lipinski definition) is 3. The Kier molecular flexibility index (Phi) is 4.14. The van der Waals surface area contributed by atoms with Crippen molar-refractivity contribution < 1.29 is 29.6 Å². The van der Waals surface area contributed by atoms with Crippen LogP contribution in [0.15, 0.2) is 28.2 Å². The van der Waals surface area contributed by atoms with Gasteiger partial charge in [-0.3, -0.25) is 4.79 Å². The van der Waals surface area contributed by atoms with E-state index in [-0.39, 0.29) is 35.1 Å². The van der Waals surface area contributed by atoms with Crippen LogP contribution in [0.5, 0.6) is 0 Å². The van der Waals surface area contributed by atoms with Gasteiger partial charge in [0.25, 0.3) is 5.56 Å². The second kappa shape index (κ2) is 4.80. The molecule has 0 radical (unpaired) electrons. The maximum absolute atomic E-state index is 11.7. The normalized spacial score (nSPS) is 10.0. The molecule has 0 amide bonds. The molecule has 0 atom stereocenters. The summed E-state index contributed by atoms with van der Waals surface area (Å²) in [6, 6.07) is 3.37. The predicted octanol–water partition coefficient (Wildman–Crippen LogP) is -1.50. The minimum Gasteiger partial charge on any atom is -0.778 e. The summed E-state index contributed by atoms with van der Waals surface area (Å²) in [4.78, 5) is 16.2. The molecule has 0 bridgehead atoms. The van der Waals surface area contributed by atoms with E-state index in [0.717, 1.165) is 0 Å². The van der Waals surface area contributed by atoms with Crippen molar-refractivity contribution >= 4 is 35.1 Å². The van der Waals surface area contributed by atoms with Gasteiger partial charge in [-0.05, 0) is 6.07 Å². The monoisotopic (exact) mass is 248 g/mol. The van der Waals surface area contributed by atoms with Gasteiger partial charge in [-0.1, -0.05) is 17.7 Å². The van der Waals surface area contributed by atoms with Crippen LogP contribution < -0.4 is 35.1 Å². The minimum absolute atomic E-state index is 0. The molecular formula is C9H6ClN2NaOS. The van der Waals surface area contributed by atoms with Crippen molar-refractivity contribution in [3.8, 4) is 0 Å². The summed E-state index contributed by atoms with van der Waals surface area (Å²) in [7, 11) is 1.63. The largest absolute Gasteiger partial charge is 1.00 e. The van der Waals surface area contributed by atoms with Crippen molar-refractivity contribution in [2.45, 2.75) is 4.90 Å². The molecule has 3 nitrogen and oxygen atoms in total. The van der Waals surface area contributed by atoms with E-state index in [1.807, 2.05) is 0 Å². The molecule has 72 valence electrons. The Morgan fingerprint density at radius 1 is 1.47 bits per heavy atom. The second-order valence-electron chi connectivity index (χ2n) is 2.93. The second-order valence-corrected chi connectivity index (χ2v) is 3.75. The van der Waals surface area contributed by atoms with Gasteiger partial charge in [-0.25, -0.2) is 4.98 Å². The number of halogens is 1. The van der Waals surface area contributed by atoms with Gasteiger partial charge in [0.15, 0.2) is 0 Å². The van der Waals surface area contributed by atoms with Crippen LogP contribution in [0.3, 0.4) is 0 Å². The van der Waals surface area contributed by atoms with Crippen LogP contribution in [0, 0.1) is 0 Å². The fourth-order valence-electron chi connectivity index (χ4n) is 1.24. The SMILES string of the molecule is Cn1cnc2ccc([S-])c(Cl)c2c1=O.[Na+]. The van der Waals surface area contributed by atoms with Crippen LogP contribution in [0.25, 0.3) is 10.9 Å². The number of rotatable bonds is 0. The Labute approximate surface area is 119 Å². The molecule has 2 rings (SSSR count). The maximum Gasteiger partial charge on any atom is 1.00 e. The van der Waals surface area contributed by atoms with Crippen LogP contribution in [0.2, 0.25) is 5.02 Å². The first-order valence-corrected chi connectivity index (χ1v) is 4.70. The van der Waals surface area contributed by atoms with E-state index in [9.17, 15) is 4.79 Å². The molecule has 0 spiro atoms. The number of aromatic nitrogens is 2. The van der Waals surface area contributed by atoms with Gasteiger partial charge in [-0.15, -0.1) is 0 Å². The molecule has 0 aliphatic heterocycles. The Bertz CT molecular complexity index is 565. The first kappa shape index (κ1) is 12.9. The molecule has 2 aromatic rings. The molecule has 0 fully saturated rings. The van der Waals surface area contributed by atoms with E-state index in [1.165, 1.54) is 10.9 Å². The van der Waals surface area contributed by atoms with Gasteiger partial charge >= 0.3 is 29.6 Å². The Morgan fingerprint density at radius 3 is 2.80 bits per heavy atom. The van der Waals surface area contributed by atoms with Crippen LogP contribution in [0.1, 0.15) is 0 Å². The third kappa shape index (κ3) is 2.19. The Morgan fingerprint density at radius 2 is 2.13 bits per heavy atom. The standard InChI is InChI=1S/C9H7ClN2OS.Na/c1-12-4-11-5-2-3-6(14)8(10)7(5)9(12)13;/h2-4,14H,1H3;/q;+1/p-1. The van der Waals surface area contributed by atoms with Gasteiger partial charge in [0.05, 0.1) is 17.2 Å². The van der Waals surface area contributed by atoms with E-state index >= 15 is 0 Å². The first-order valence-electron chi connectivity index (χ1n) is 3.92. The average Bonchev–Trinajstić information content (AvgIpc) is 2.17. The van der Waals surface area contributed by atoms with Crippen molar-refractivity contribution in [1.82, 2.24) is 9.55 Å². The molecule has 0 aliphatic carbocycles. The van der Waals surface area contributed by atoms with E-state index in [0.29, 0.717) is 20.8 Å². The van der Waals surface area contributed by atoms with Gasteiger partial charge in [0.2, 0.25) is 0 Å². The third-order valence-corrected chi connectivity index (χ3v) is 2.83. The third-order valence-electron chi connectivity index (χ3n) is 1.99. The van der Waals surface area contributed by atoms with Crippen LogP contribution >= 0.6 is 11.6 Å². The number of hydrogen-bond donors (Lipinski definition) is 0. The van der Waals surface area contributed by atoms with Crippen LogP contribution in [-0.4, -0.2) is 9.55 Å². The van der Waals surface area contributed by atoms with E-state index in [2.05, 4.69) is 4.98 Å². The topological polar surface area (TPSA) is 34.9 Å². The molecule has 1 aromatic heterocycles. The zero-order chi connectivity index (χ0) is 10.3. The molecule has 0 saturated carbocycles. The summed E-state index contributed by atoms with van der Waals surface area (Å²) in [6.07, 6.45) is 1.46. The van der Waals surface area contributed by atoms with E-state index < -0.39 is 0 Å². The number of benzene rings is 1. The van der Waals surface area contributed by atoms with Crippen molar-refractivity contribution in [1.29, 1.82) is 0 Å². The van der Waals surface area contributed by atoms with Gasteiger partial charge < -0.3 is 17.2 Å². The summed E-state index contributed by atoms with van der Waals surface area (Å²) in [5.41, 5.74) is 0.401. The van der Waals surface area contributed by atoms with Gasteiger partial charge in [0, 0.05) is 12.1 Å². The van der Waals surface area contributed by atoms with E-state index in [1.54, 1.807) is 19.2 Å². The number of fused-ring (bicyclic) bond motifs is 1. The summed E-state index contributed by atoms with van der Waals surface area (Å²) in [5.74, 6) is 0. The Balaban J connectivity index is 0.00000112. The molecule has 0 aliphatic rings. The molecule has 0 unspecified atom stereocenters. The van der Waals surface area contributed by atoms with Crippen molar-refractivity contribution in [3.05, 3.63) is 33.8 Å². The molecule has 1 aromatic carbocycles. The molecule has 0 saturated heterocycles. The fourth-order valence-corrected chi connectivity index (χ4v) is 1.65. The summed E-state index contributed by atoms with van der Waals surface area (Å²) in [6.45, 7) is 0. The molecule has 15 heavy (non-hydrogen) atoms. The summed E-state index contributed by atoms with van der Waals surface area (Å²) >= 11 is 10.9. The first-order chi connectivity index (χ1) is 6.61. The maximum atomic E-state index is 11.7. The van der Waals surface area contributed by atoms with Gasteiger partial charge in [0.1, 0.15) is 0 Å². The fraction of sp³-hybridized carbons (Fsp3) is 0.111. The Hall–Kier alpha value is -0.130. The molecule has 1 heterocycles. The summed E-state index contributed by atoms with van der Waals surface area (Å²) < 4.78 is 1.38. The quantitative estimate of drug-likeness (QED) is 0.420.